The third kappa shape index (κ3) is 4.37. The first-order chi connectivity index (χ1) is 15.1. The molecule has 1 aliphatic rings. The van der Waals surface area contributed by atoms with Crippen molar-refractivity contribution in [3.63, 3.8) is 0 Å². The molecule has 1 saturated heterocycles. The summed E-state index contributed by atoms with van der Waals surface area (Å²) in [6, 6.07) is 3.94. The lowest BCUT2D eigenvalue weighted by atomic mass is 9.99. The van der Waals surface area contributed by atoms with Gasteiger partial charge in [0.1, 0.15) is 39.2 Å². The Balaban J connectivity index is 1.69. The molecule has 0 saturated carbocycles. The molecule has 3 aromatic heterocycles. The molecule has 168 valence electrons. The molecule has 0 radical (unpaired) electrons. The number of anilines is 1. The van der Waals surface area contributed by atoms with Crippen molar-refractivity contribution in [1.29, 1.82) is 0 Å². The van der Waals surface area contributed by atoms with Gasteiger partial charge in [-0.2, -0.15) is 9.61 Å². The van der Waals surface area contributed by atoms with Crippen LogP contribution >= 0.6 is 0 Å². The summed E-state index contributed by atoms with van der Waals surface area (Å²) in [6.45, 7) is -0.368. The molecule has 0 bridgehead atoms. The molecule has 0 aromatic carbocycles. The van der Waals surface area contributed by atoms with Gasteiger partial charge >= 0.3 is 5.97 Å². The monoisotopic (exact) mass is 463 g/mol. The fourth-order valence-corrected chi connectivity index (χ4v) is 5.07. The predicted octanol–water partition coefficient (Wildman–Crippen LogP) is 0.659. The molecule has 1 aliphatic heterocycles. The largest absolute Gasteiger partial charge is 0.477 e. The molecule has 3 aromatic rings. The third-order valence-corrected chi connectivity index (χ3v) is 6.94. The van der Waals surface area contributed by atoms with Crippen LogP contribution < -0.4 is 10.9 Å². The molecule has 4 rings (SSSR count). The van der Waals surface area contributed by atoms with E-state index >= 15 is 0 Å². The van der Waals surface area contributed by atoms with Crippen LogP contribution in [0.3, 0.4) is 0 Å². The van der Waals surface area contributed by atoms with Gasteiger partial charge in [-0.3, -0.25) is 9.59 Å². The number of fused-ring (bicyclic) bond motifs is 1. The van der Waals surface area contributed by atoms with Gasteiger partial charge in [-0.1, -0.05) is 0 Å². The van der Waals surface area contributed by atoms with E-state index in [0.717, 1.165) is 23.0 Å². The van der Waals surface area contributed by atoms with Crippen molar-refractivity contribution in [2.24, 2.45) is 0 Å². The van der Waals surface area contributed by atoms with E-state index in [1.807, 2.05) is 0 Å². The second-order valence-electron chi connectivity index (χ2n) is 7.46. The number of nitrogens with one attached hydrogen (secondary N) is 1. The van der Waals surface area contributed by atoms with Crippen molar-refractivity contribution in [3.05, 3.63) is 58.0 Å². The number of amides is 1. The second kappa shape index (κ2) is 8.15. The molecule has 1 amide bonds. The summed E-state index contributed by atoms with van der Waals surface area (Å²) in [7, 11) is -3.10. The molecule has 4 heterocycles. The van der Waals surface area contributed by atoms with Crippen molar-refractivity contribution in [1.82, 2.24) is 19.2 Å². The van der Waals surface area contributed by atoms with E-state index in [1.54, 1.807) is 6.07 Å². The Bertz CT molecular complexity index is 1370. The van der Waals surface area contributed by atoms with Gasteiger partial charge in [-0.15, -0.1) is 0 Å². The Labute approximate surface area is 180 Å². The van der Waals surface area contributed by atoms with Crippen LogP contribution in [0.5, 0.6) is 0 Å². The topological polar surface area (TPSA) is 153 Å². The van der Waals surface area contributed by atoms with E-state index in [1.165, 1.54) is 10.6 Å². The number of halogens is 1. The lowest BCUT2D eigenvalue weighted by Gasteiger charge is -2.19. The Morgan fingerprint density at radius 1 is 1.25 bits per heavy atom. The normalized spacial score (nSPS) is 16.2. The molecule has 13 heteroatoms. The van der Waals surface area contributed by atoms with E-state index in [4.69, 9.17) is 0 Å². The number of rotatable bonds is 5. The lowest BCUT2D eigenvalue weighted by Crippen LogP contribution is -2.28. The van der Waals surface area contributed by atoms with Gasteiger partial charge in [0.05, 0.1) is 23.4 Å². The third-order valence-electron chi connectivity index (χ3n) is 5.22. The van der Waals surface area contributed by atoms with Crippen molar-refractivity contribution >= 4 is 33.2 Å². The Kier molecular flexibility index (Phi) is 5.50. The zero-order valence-corrected chi connectivity index (χ0v) is 17.4. The van der Waals surface area contributed by atoms with Crippen LogP contribution in [0.1, 0.15) is 34.8 Å². The fourth-order valence-electron chi connectivity index (χ4n) is 3.58. The van der Waals surface area contributed by atoms with Crippen LogP contribution in [0.4, 0.5) is 10.2 Å². The number of aromatic nitrogens is 4. The minimum atomic E-state index is -3.10. The summed E-state index contributed by atoms with van der Waals surface area (Å²) in [5.74, 6) is -2.74. The van der Waals surface area contributed by atoms with Crippen LogP contribution in [0.25, 0.3) is 5.65 Å². The van der Waals surface area contributed by atoms with Crippen molar-refractivity contribution in [2.45, 2.75) is 25.3 Å². The van der Waals surface area contributed by atoms with Crippen LogP contribution in [-0.2, 0) is 21.2 Å². The number of pyridine rings is 1. The highest BCUT2D eigenvalue weighted by molar-refractivity contribution is 7.91. The number of hydrogen-bond donors (Lipinski definition) is 2. The van der Waals surface area contributed by atoms with Crippen molar-refractivity contribution < 1.29 is 27.5 Å². The summed E-state index contributed by atoms with van der Waals surface area (Å²) in [5.41, 5.74) is -0.801. The quantitative estimate of drug-likeness (QED) is 0.560. The van der Waals surface area contributed by atoms with Crippen LogP contribution in [0.15, 0.2) is 35.4 Å². The van der Waals surface area contributed by atoms with Gasteiger partial charge in [-0.25, -0.2) is 22.6 Å². The number of carboxylic acids is 1. The second-order valence-corrected chi connectivity index (χ2v) is 9.76. The predicted molar refractivity (Wildman–Crippen MR) is 110 cm³/mol. The molecule has 0 atom stereocenters. The van der Waals surface area contributed by atoms with Crippen molar-refractivity contribution in [3.8, 4) is 0 Å². The number of carbonyl (C=O) groups is 2. The molecular weight excluding hydrogens is 445 g/mol. The smallest absolute Gasteiger partial charge is 0.342 e. The molecule has 32 heavy (non-hydrogen) atoms. The number of nitrogens with zero attached hydrogens (tertiary/aromatic N) is 4. The summed E-state index contributed by atoms with van der Waals surface area (Å²) in [5, 5.41) is 16.1. The molecule has 1 fully saturated rings. The van der Waals surface area contributed by atoms with Gasteiger partial charge in [-0.05, 0) is 25.0 Å². The van der Waals surface area contributed by atoms with E-state index in [2.05, 4.69) is 15.4 Å². The maximum atomic E-state index is 13.0. The molecule has 0 unspecified atom stereocenters. The number of hydrogen-bond acceptors (Lipinski definition) is 7. The lowest BCUT2D eigenvalue weighted by molar-refractivity contribution is -0.116. The van der Waals surface area contributed by atoms with Gasteiger partial charge < -0.3 is 15.0 Å². The van der Waals surface area contributed by atoms with Crippen LogP contribution in [-0.4, -0.2) is 56.1 Å². The number of sulfone groups is 1. The van der Waals surface area contributed by atoms with E-state index in [9.17, 15) is 32.3 Å². The highest BCUT2D eigenvalue weighted by Gasteiger charge is 2.28. The number of carboxylic acid groups (broad SMARTS) is 1. The van der Waals surface area contributed by atoms with Crippen LogP contribution in [0.2, 0.25) is 0 Å². The molecule has 0 aliphatic carbocycles. The van der Waals surface area contributed by atoms with Gasteiger partial charge in [0.15, 0.2) is 0 Å². The van der Waals surface area contributed by atoms with E-state index < -0.39 is 38.7 Å². The fraction of sp³-hybridized carbons (Fsp3) is 0.316. The Hall–Kier alpha value is -3.61. The zero-order chi connectivity index (χ0) is 23.0. The minimum absolute atomic E-state index is 0.00320. The average molecular weight is 463 g/mol. The summed E-state index contributed by atoms with van der Waals surface area (Å²) >= 11 is 0. The SMILES string of the molecule is O=C(Cn1cc(C(=O)O)c(=O)n2nc(C3CCS(=O)(=O)CC3)cc12)Nc1ccc(F)cn1. The number of aromatic carboxylic acids is 1. The first-order valence-electron chi connectivity index (χ1n) is 9.61. The van der Waals surface area contributed by atoms with Gasteiger partial charge in [0, 0.05) is 18.2 Å². The van der Waals surface area contributed by atoms with Crippen LogP contribution in [0, 0.1) is 5.82 Å². The standard InChI is InChI=1S/C19H18FN5O6S/c20-12-1-2-15(21-8-12)22-16(26)10-24-9-13(19(28)29)18(27)25-17(24)7-14(23-25)11-3-5-32(30,31)6-4-11/h1-2,7-9,11H,3-6,10H2,(H,28,29)(H,21,22,26). The molecule has 11 nitrogen and oxygen atoms in total. The summed E-state index contributed by atoms with van der Waals surface area (Å²) in [4.78, 5) is 40.3. The molecule has 2 N–H and O–H groups in total. The Morgan fingerprint density at radius 3 is 2.59 bits per heavy atom. The van der Waals surface area contributed by atoms with Crippen molar-refractivity contribution in [2.75, 3.05) is 16.8 Å². The maximum Gasteiger partial charge on any atom is 0.342 e. The molecule has 0 spiro atoms. The van der Waals surface area contributed by atoms with E-state index in [0.29, 0.717) is 18.5 Å². The van der Waals surface area contributed by atoms with Gasteiger partial charge in [0.2, 0.25) is 5.91 Å². The highest BCUT2D eigenvalue weighted by Crippen LogP contribution is 2.28. The zero-order valence-electron chi connectivity index (χ0n) is 16.6. The maximum absolute atomic E-state index is 13.0. The summed E-state index contributed by atoms with van der Waals surface area (Å²) < 4.78 is 38.6. The van der Waals surface area contributed by atoms with E-state index in [-0.39, 0.29) is 35.4 Å². The molecular formula is C19H18FN5O6S. The highest BCUT2D eigenvalue weighted by atomic mass is 32.2. The Morgan fingerprint density at radius 2 is 1.97 bits per heavy atom. The summed E-state index contributed by atoms with van der Waals surface area (Å²) in [6.07, 6.45) is 2.66. The first-order valence-corrected chi connectivity index (χ1v) is 11.4. The average Bonchev–Trinajstić information content (AvgIpc) is 3.18. The number of carbonyl (C=O) groups excluding carboxylic acids is 1. The minimum Gasteiger partial charge on any atom is -0.477 e. The first kappa shape index (κ1) is 21.6. The van der Waals surface area contributed by atoms with Gasteiger partial charge in [0.25, 0.3) is 5.56 Å².